The molecule has 0 aromatic heterocycles. The summed E-state index contributed by atoms with van der Waals surface area (Å²) >= 11 is 0. The van der Waals surface area contributed by atoms with Crippen LogP contribution in [0.1, 0.15) is 36.5 Å². The third-order valence-corrected chi connectivity index (χ3v) is 8.26. The summed E-state index contributed by atoms with van der Waals surface area (Å²) in [7, 11) is -1.84. The van der Waals surface area contributed by atoms with E-state index in [9.17, 15) is 18.0 Å². The van der Waals surface area contributed by atoms with Gasteiger partial charge in [-0.05, 0) is 55.6 Å². The number of primary sulfonamides is 1. The quantitative estimate of drug-likeness (QED) is 0.286. The number of nitrogens with two attached hydrogens (primary N) is 2. The summed E-state index contributed by atoms with van der Waals surface area (Å²) in [6.45, 7) is 4.50. The number of piperidine rings is 1. The van der Waals surface area contributed by atoms with E-state index in [2.05, 4.69) is 9.89 Å². The minimum atomic E-state index is -3.88. The number of hydrogen-bond donors (Lipinski definition) is 2. The zero-order valence-electron chi connectivity index (χ0n) is 23.9. The van der Waals surface area contributed by atoms with E-state index in [1.807, 2.05) is 44.3 Å². The van der Waals surface area contributed by atoms with Crippen molar-refractivity contribution < 1.29 is 22.7 Å². The van der Waals surface area contributed by atoms with Crippen molar-refractivity contribution >= 4 is 27.9 Å². The number of aliphatic imine (C=N–C) groups is 1. The number of carbonyl (C=O) groups excluding carboxylic acids is 2. The van der Waals surface area contributed by atoms with Crippen LogP contribution in [0.25, 0.3) is 11.1 Å². The first-order valence-electron chi connectivity index (χ1n) is 13.8. The summed E-state index contributed by atoms with van der Waals surface area (Å²) in [5.74, 6) is -0.00261. The smallest absolute Gasteiger partial charge is 0.435 e. The van der Waals surface area contributed by atoms with E-state index in [1.165, 1.54) is 6.07 Å². The molecule has 42 heavy (non-hydrogen) atoms. The van der Waals surface area contributed by atoms with Gasteiger partial charge in [-0.3, -0.25) is 4.79 Å². The number of likely N-dealkylation sites (tertiary alicyclic amines) is 1. The number of ether oxygens (including phenoxy) is 1. The molecule has 0 atom stereocenters. The van der Waals surface area contributed by atoms with Crippen molar-refractivity contribution in [2.24, 2.45) is 15.9 Å². The summed E-state index contributed by atoms with van der Waals surface area (Å²) in [6.07, 6.45) is 0.860. The number of benzene rings is 3. The molecule has 1 fully saturated rings. The lowest BCUT2D eigenvalue weighted by atomic mass is 10.0. The Morgan fingerprint density at radius 2 is 1.69 bits per heavy atom. The van der Waals surface area contributed by atoms with Gasteiger partial charge in [0.25, 0.3) is 0 Å². The highest BCUT2D eigenvalue weighted by Crippen LogP contribution is 2.27. The number of sulfonamides is 1. The van der Waals surface area contributed by atoms with Gasteiger partial charge in [0.05, 0.1) is 11.3 Å². The fourth-order valence-corrected chi connectivity index (χ4v) is 5.66. The number of rotatable bonds is 9. The molecule has 0 radical (unpaired) electrons. The summed E-state index contributed by atoms with van der Waals surface area (Å²) in [4.78, 5) is 33.4. The van der Waals surface area contributed by atoms with Gasteiger partial charge in [-0.25, -0.2) is 18.4 Å². The number of likely N-dealkylation sites (N-methyl/N-ethyl adjacent to an activating group) is 1. The minimum absolute atomic E-state index is 0.0491. The number of hydrogen-bond acceptors (Lipinski definition) is 6. The maximum Gasteiger partial charge on any atom is 0.435 e. The normalized spacial score (nSPS) is 14.9. The molecule has 0 aliphatic carbocycles. The average Bonchev–Trinajstić information content (AvgIpc) is 2.97. The fraction of sp³-hybridized carbons (Fsp3) is 0.323. The molecule has 11 heteroatoms. The summed E-state index contributed by atoms with van der Waals surface area (Å²) in [5, 5.41) is 5.37. The van der Waals surface area contributed by atoms with Crippen molar-refractivity contribution in [2.75, 3.05) is 26.7 Å². The monoisotopic (exact) mass is 591 g/mol. The molecule has 0 unspecified atom stereocenters. The van der Waals surface area contributed by atoms with Gasteiger partial charge in [0.1, 0.15) is 11.9 Å². The van der Waals surface area contributed by atoms with Gasteiger partial charge in [-0.1, -0.05) is 60.7 Å². The zero-order valence-corrected chi connectivity index (χ0v) is 24.7. The van der Waals surface area contributed by atoms with E-state index in [1.54, 1.807) is 41.3 Å². The predicted molar refractivity (Wildman–Crippen MR) is 162 cm³/mol. The number of amides is 2. The Kier molecular flexibility index (Phi) is 10.1. The largest absolute Gasteiger partial charge is 0.444 e. The van der Waals surface area contributed by atoms with Crippen LogP contribution in [0, 0.1) is 0 Å². The summed E-state index contributed by atoms with van der Waals surface area (Å²) in [5.41, 5.74) is 9.54. The van der Waals surface area contributed by atoms with Gasteiger partial charge >= 0.3 is 6.09 Å². The second-order valence-corrected chi connectivity index (χ2v) is 11.9. The molecule has 1 aliphatic rings. The van der Waals surface area contributed by atoms with Crippen LogP contribution in [0.4, 0.5) is 4.79 Å². The topological polar surface area (TPSA) is 148 Å². The van der Waals surface area contributed by atoms with Crippen molar-refractivity contribution in [3.8, 4) is 11.1 Å². The number of carbonyl (C=O) groups is 2. The Bertz CT molecular complexity index is 1550. The lowest BCUT2D eigenvalue weighted by molar-refractivity contribution is -0.130. The highest BCUT2D eigenvalue weighted by molar-refractivity contribution is 7.89. The first-order chi connectivity index (χ1) is 20.0. The van der Waals surface area contributed by atoms with Crippen molar-refractivity contribution in [3.63, 3.8) is 0 Å². The molecule has 0 saturated carbocycles. The molecule has 0 bridgehead atoms. The van der Waals surface area contributed by atoms with Crippen LogP contribution in [0.2, 0.25) is 0 Å². The molecule has 3 aromatic rings. The molecular formula is C31H37N5O5S. The molecule has 10 nitrogen and oxygen atoms in total. The molecule has 4 rings (SSSR count). The summed E-state index contributed by atoms with van der Waals surface area (Å²) < 4.78 is 29.4. The Hall–Kier alpha value is -4.06. The Morgan fingerprint density at radius 3 is 2.36 bits per heavy atom. The molecule has 1 heterocycles. The van der Waals surface area contributed by atoms with Gasteiger partial charge in [0, 0.05) is 37.3 Å². The molecule has 4 N–H and O–H groups in total. The van der Waals surface area contributed by atoms with Gasteiger partial charge < -0.3 is 20.3 Å². The zero-order chi connectivity index (χ0) is 30.3. The van der Waals surface area contributed by atoms with E-state index in [4.69, 9.17) is 15.6 Å². The molecular weight excluding hydrogens is 554 g/mol. The molecule has 3 aromatic carbocycles. The number of nitrogens with zero attached hydrogens (tertiary/aromatic N) is 3. The Labute approximate surface area is 247 Å². The van der Waals surface area contributed by atoms with E-state index in [-0.39, 0.29) is 29.2 Å². The SMILES string of the molecule is CCN(Cc1cccc(C(N)=NC(=O)OC2CCN(C)CC2)c1)C(=O)Cc1ccc(-c2ccccc2S(N)(=O)=O)cc1. The van der Waals surface area contributed by atoms with E-state index >= 15 is 0 Å². The third-order valence-electron chi connectivity index (χ3n) is 7.29. The van der Waals surface area contributed by atoms with Crippen LogP contribution in [-0.4, -0.2) is 68.8 Å². The first kappa shape index (κ1) is 30.9. The van der Waals surface area contributed by atoms with Crippen LogP contribution < -0.4 is 10.9 Å². The third kappa shape index (κ3) is 8.25. The maximum atomic E-state index is 13.2. The van der Waals surface area contributed by atoms with Gasteiger partial charge in [0.15, 0.2) is 0 Å². The van der Waals surface area contributed by atoms with Crippen LogP contribution in [-0.2, 0) is 32.5 Å². The van der Waals surface area contributed by atoms with E-state index in [0.717, 1.165) is 37.1 Å². The standard InChI is InChI=1S/C31H37N5O5S/c1-3-36(29(37)20-22-11-13-24(14-12-22)27-9-4-5-10-28(27)42(33,39)40)21-23-7-6-8-25(19-23)30(32)34-31(38)41-26-15-17-35(2)18-16-26/h4-14,19,26H,3,15-18,20-21H2,1-2H3,(H2,32,34,38)(H2,33,39,40). The van der Waals surface area contributed by atoms with Crippen LogP contribution in [0.5, 0.6) is 0 Å². The Balaban J connectivity index is 1.39. The molecule has 1 saturated heterocycles. The predicted octanol–water partition coefficient (Wildman–Crippen LogP) is 3.53. The lowest BCUT2D eigenvalue weighted by Gasteiger charge is -2.27. The minimum Gasteiger partial charge on any atom is -0.444 e. The number of amidine groups is 1. The highest BCUT2D eigenvalue weighted by Gasteiger charge is 2.21. The van der Waals surface area contributed by atoms with E-state index < -0.39 is 16.1 Å². The van der Waals surface area contributed by atoms with E-state index in [0.29, 0.717) is 29.8 Å². The molecule has 1 aliphatic heterocycles. The second-order valence-electron chi connectivity index (χ2n) is 10.4. The van der Waals surface area contributed by atoms with Gasteiger partial charge in [-0.2, -0.15) is 4.99 Å². The average molecular weight is 592 g/mol. The lowest BCUT2D eigenvalue weighted by Crippen LogP contribution is -2.35. The summed E-state index contributed by atoms with van der Waals surface area (Å²) in [6, 6.07) is 21.0. The van der Waals surface area contributed by atoms with Crippen molar-refractivity contribution in [2.45, 2.75) is 43.7 Å². The van der Waals surface area contributed by atoms with Crippen LogP contribution in [0.3, 0.4) is 0 Å². The second kappa shape index (κ2) is 13.7. The molecule has 222 valence electrons. The van der Waals surface area contributed by atoms with Crippen LogP contribution in [0.15, 0.2) is 82.7 Å². The van der Waals surface area contributed by atoms with Gasteiger partial charge in [-0.15, -0.1) is 0 Å². The molecule has 0 spiro atoms. The van der Waals surface area contributed by atoms with Crippen molar-refractivity contribution in [1.82, 2.24) is 9.80 Å². The van der Waals surface area contributed by atoms with Crippen molar-refractivity contribution in [3.05, 3.63) is 89.5 Å². The first-order valence-corrected chi connectivity index (χ1v) is 15.4. The molecule has 2 amide bonds. The van der Waals surface area contributed by atoms with Gasteiger partial charge in [0.2, 0.25) is 15.9 Å². The highest BCUT2D eigenvalue weighted by atomic mass is 32.2. The van der Waals surface area contributed by atoms with Crippen molar-refractivity contribution in [1.29, 1.82) is 0 Å². The van der Waals surface area contributed by atoms with Crippen LogP contribution >= 0.6 is 0 Å². The Morgan fingerprint density at radius 1 is 1.00 bits per heavy atom. The maximum absolute atomic E-state index is 13.2. The fourth-order valence-electron chi connectivity index (χ4n) is 4.90.